The van der Waals surface area contributed by atoms with Crippen molar-refractivity contribution in [2.75, 3.05) is 0 Å². The Balaban J connectivity index is 1.61. The van der Waals surface area contributed by atoms with Gasteiger partial charge in [-0.25, -0.2) is 0 Å². The van der Waals surface area contributed by atoms with Crippen LogP contribution in [0.3, 0.4) is 0 Å². The van der Waals surface area contributed by atoms with E-state index in [2.05, 4.69) is 0 Å². The van der Waals surface area contributed by atoms with Crippen LogP contribution in [0.1, 0.15) is 40.8 Å². The number of hydrogen-bond donors (Lipinski definition) is 0. The van der Waals surface area contributed by atoms with E-state index < -0.39 is 27.6 Å². The molecule has 5 heteroatoms. The van der Waals surface area contributed by atoms with Crippen LogP contribution < -0.4 is 0 Å². The Morgan fingerprint density at radius 2 is 1.03 bits per heavy atom. The Labute approximate surface area is 190 Å². The van der Waals surface area contributed by atoms with Gasteiger partial charge in [0.25, 0.3) is 0 Å². The van der Waals surface area contributed by atoms with Crippen LogP contribution in [-0.2, 0) is 19.3 Å². The summed E-state index contributed by atoms with van der Waals surface area (Å²) in [6.07, 6.45) is 0. The van der Waals surface area contributed by atoms with Crippen molar-refractivity contribution in [1.82, 2.24) is 4.90 Å². The maximum absolute atomic E-state index is 13.9. The molecule has 0 saturated carbocycles. The molecule has 0 spiro atoms. The molecule has 31 heavy (non-hydrogen) atoms. The zero-order valence-corrected chi connectivity index (χ0v) is 18.3. The lowest BCUT2D eigenvalue weighted by Gasteiger charge is -2.54. The van der Waals surface area contributed by atoms with Gasteiger partial charge in [-0.15, -0.1) is 23.2 Å². The number of rotatable bonds is 2. The first-order valence-electron chi connectivity index (χ1n) is 10.4. The number of carbonyl (C=O) groups excluding carboxylic acids is 2. The van der Waals surface area contributed by atoms with Crippen LogP contribution in [0.25, 0.3) is 0 Å². The molecule has 0 N–H and O–H groups in total. The Morgan fingerprint density at radius 1 is 0.677 bits per heavy atom. The van der Waals surface area contributed by atoms with E-state index in [1.807, 2.05) is 85.8 Å². The first-order chi connectivity index (χ1) is 14.9. The first-order valence-corrected chi connectivity index (χ1v) is 11.2. The van der Waals surface area contributed by atoms with E-state index in [0.29, 0.717) is 0 Å². The van der Waals surface area contributed by atoms with Crippen LogP contribution in [0.2, 0.25) is 0 Å². The second-order valence-corrected chi connectivity index (χ2v) is 9.80. The lowest BCUT2D eigenvalue weighted by Crippen LogP contribution is -2.57. The zero-order valence-electron chi connectivity index (χ0n) is 16.8. The van der Waals surface area contributed by atoms with Gasteiger partial charge < -0.3 is 0 Å². The molecular formula is C26H19Cl2NO2. The third kappa shape index (κ3) is 2.11. The molecule has 1 heterocycles. The molecule has 0 unspecified atom stereocenters. The minimum Gasteiger partial charge on any atom is -0.275 e. The maximum atomic E-state index is 13.9. The minimum atomic E-state index is -1.13. The van der Waals surface area contributed by atoms with Gasteiger partial charge in [-0.05, 0) is 34.7 Å². The smallest absolute Gasteiger partial charge is 0.236 e. The predicted molar refractivity (Wildman–Crippen MR) is 120 cm³/mol. The molecule has 3 atom stereocenters. The standard InChI is InChI=1S/C26H19Cl2NO2/c1-15(16-9-3-2-4-10-16)29-23(30)21-22(24(29)31)26(28)18-12-6-5-11-17(18)25(21,27)19-13-7-8-14-20(19)26/h2-15,21-22H,1H3/t15-,21-,22+,25?,26?/m0/s1. The molecule has 2 amide bonds. The summed E-state index contributed by atoms with van der Waals surface area (Å²) in [5, 5.41) is 0. The number of halogens is 2. The fourth-order valence-corrected chi connectivity index (χ4v) is 7.05. The van der Waals surface area contributed by atoms with Gasteiger partial charge in [0.15, 0.2) is 0 Å². The second-order valence-electron chi connectivity index (χ2n) is 8.60. The van der Waals surface area contributed by atoms with Crippen molar-refractivity contribution in [2.45, 2.75) is 22.7 Å². The number of imide groups is 1. The number of alkyl halides is 2. The average molecular weight is 448 g/mol. The van der Waals surface area contributed by atoms with Crippen molar-refractivity contribution in [3.8, 4) is 0 Å². The van der Waals surface area contributed by atoms with Gasteiger partial charge >= 0.3 is 0 Å². The zero-order chi connectivity index (χ0) is 21.5. The molecule has 1 fully saturated rings. The molecule has 4 aliphatic rings. The van der Waals surface area contributed by atoms with E-state index in [-0.39, 0.29) is 11.8 Å². The molecule has 1 saturated heterocycles. The molecule has 3 aromatic rings. The van der Waals surface area contributed by atoms with Gasteiger partial charge in [-0.3, -0.25) is 14.5 Å². The Bertz CT molecular complexity index is 1130. The van der Waals surface area contributed by atoms with Crippen LogP contribution in [0.15, 0.2) is 78.9 Å². The summed E-state index contributed by atoms with van der Waals surface area (Å²) >= 11 is 14.9. The SMILES string of the molecule is C[C@@H](c1ccccc1)N1C(=O)[C@@H]2[C@H](C1=O)C1(Cl)c3ccccc3C2(Cl)c2ccccc21. The van der Waals surface area contributed by atoms with Crippen LogP contribution in [0.4, 0.5) is 0 Å². The molecule has 1 aliphatic heterocycles. The molecular weight excluding hydrogens is 429 g/mol. The van der Waals surface area contributed by atoms with E-state index >= 15 is 0 Å². The van der Waals surface area contributed by atoms with Crippen LogP contribution in [-0.4, -0.2) is 16.7 Å². The molecule has 0 radical (unpaired) electrons. The highest BCUT2D eigenvalue weighted by atomic mass is 35.5. The van der Waals surface area contributed by atoms with Gasteiger partial charge in [-0.2, -0.15) is 0 Å². The number of benzene rings is 3. The third-order valence-electron chi connectivity index (χ3n) is 7.29. The summed E-state index contributed by atoms with van der Waals surface area (Å²) in [4.78, 5) is 26.9. The molecule has 7 rings (SSSR count). The number of likely N-dealkylation sites (tertiary alicyclic amines) is 1. The first kappa shape index (κ1) is 19.1. The summed E-state index contributed by atoms with van der Waals surface area (Å²) in [7, 11) is 0. The lowest BCUT2D eigenvalue weighted by atomic mass is 9.54. The van der Waals surface area contributed by atoms with Gasteiger partial charge in [-0.1, -0.05) is 78.9 Å². The van der Waals surface area contributed by atoms with Crippen molar-refractivity contribution in [3.05, 3.63) is 107 Å². The summed E-state index contributed by atoms with van der Waals surface area (Å²) in [5.74, 6) is -2.02. The monoisotopic (exact) mass is 447 g/mol. The summed E-state index contributed by atoms with van der Waals surface area (Å²) in [6.45, 7) is 1.88. The normalized spacial score (nSPS) is 31.3. The van der Waals surface area contributed by atoms with Gasteiger partial charge in [0.2, 0.25) is 11.8 Å². The van der Waals surface area contributed by atoms with Gasteiger partial charge in [0.1, 0.15) is 9.75 Å². The second kappa shape index (κ2) is 6.21. The van der Waals surface area contributed by atoms with Crippen molar-refractivity contribution in [2.24, 2.45) is 11.8 Å². The number of amides is 2. The van der Waals surface area contributed by atoms with E-state index in [4.69, 9.17) is 23.2 Å². The summed E-state index contributed by atoms with van der Waals surface area (Å²) in [5.41, 5.74) is 4.19. The lowest BCUT2D eigenvalue weighted by molar-refractivity contribution is -0.142. The Hall–Kier alpha value is -2.62. The van der Waals surface area contributed by atoms with E-state index in [1.54, 1.807) is 0 Å². The van der Waals surface area contributed by atoms with Crippen LogP contribution in [0, 0.1) is 11.8 Å². The number of carbonyl (C=O) groups is 2. The average Bonchev–Trinajstić information content (AvgIpc) is 3.08. The van der Waals surface area contributed by atoms with Crippen molar-refractivity contribution >= 4 is 35.0 Å². The molecule has 0 aromatic heterocycles. The van der Waals surface area contributed by atoms with Crippen molar-refractivity contribution in [3.63, 3.8) is 0 Å². The fourth-order valence-electron chi connectivity index (χ4n) is 5.95. The maximum Gasteiger partial charge on any atom is 0.236 e. The Morgan fingerprint density at radius 3 is 1.42 bits per heavy atom. The summed E-state index contributed by atoms with van der Waals surface area (Å²) in [6, 6.07) is 24.6. The van der Waals surface area contributed by atoms with Crippen LogP contribution in [0.5, 0.6) is 0 Å². The topological polar surface area (TPSA) is 37.4 Å². The highest BCUT2D eigenvalue weighted by Crippen LogP contribution is 2.69. The van der Waals surface area contributed by atoms with Gasteiger partial charge in [0, 0.05) is 0 Å². The van der Waals surface area contributed by atoms with Gasteiger partial charge in [0.05, 0.1) is 17.9 Å². The highest BCUT2D eigenvalue weighted by Gasteiger charge is 2.73. The largest absolute Gasteiger partial charge is 0.275 e. The highest BCUT2D eigenvalue weighted by molar-refractivity contribution is 6.36. The quantitative estimate of drug-likeness (QED) is 0.392. The molecule has 3 aliphatic carbocycles. The van der Waals surface area contributed by atoms with Crippen LogP contribution >= 0.6 is 23.2 Å². The van der Waals surface area contributed by atoms with E-state index in [9.17, 15) is 9.59 Å². The summed E-state index contributed by atoms with van der Waals surface area (Å²) < 4.78 is 0. The molecule has 154 valence electrons. The van der Waals surface area contributed by atoms with Crippen molar-refractivity contribution in [1.29, 1.82) is 0 Å². The fraction of sp³-hybridized carbons (Fsp3) is 0.231. The van der Waals surface area contributed by atoms with E-state index in [0.717, 1.165) is 27.8 Å². The predicted octanol–water partition coefficient (Wildman–Crippen LogP) is 5.34. The van der Waals surface area contributed by atoms with E-state index in [1.165, 1.54) is 4.90 Å². The Kier molecular flexibility index (Phi) is 3.83. The minimum absolute atomic E-state index is 0.254. The number of nitrogens with zero attached hydrogens (tertiary/aromatic N) is 1. The molecule has 2 bridgehead atoms. The number of hydrogen-bond acceptors (Lipinski definition) is 2. The third-order valence-corrected chi connectivity index (χ3v) is 8.57. The molecule has 3 aromatic carbocycles. The molecule has 3 nitrogen and oxygen atoms in total. The van der Waals surface area contributed by atoms with Crippen molar-refractivity contribution < 1.29 is 9.59 Å².